The van der Waals surface area contributed by atoms with E-state index in [1.165, 1.54) is 4.90 Å². The van der Waals surface area contributed by atoms with Crippen LogP contribution in [0.1, 0.15) is 19.8 Å². The van der Waals surface area contributed by atoms with E-state index < -0.39 is 0 Å². The smallest absolute Gasteiger partial charge is 0.324 e. The molecule has 18 heavy (non-hydrogen) atoms. The normalized spacial score (nSPS) is 29.4. The second kappa shape index (κ2) is 5.67. The van der Waals surface area contributed by atoms with Crippen molar-refractivity contribution < 1.29 is 9.59 Å². The van der Waals surface area contributed by atoms with Crippen molar-refractivity contribution in [3.8, 4) is 0 Å². The van der Waals surface area contributed by atoms with Crippen molar-refractivity contribution in [3.05, 3.63) is 0 Å². The first-order chi connectivity index (χ1) is 8.63. The summed E-state index contributed by atoms with van der Waals surface area (Å²) in [6.07, 6.45) is 2.26. The number of nitrogens with two attached hydrogens (primary N) is 1. The summed E-state index contributed by atoms with van der Waals surface area (Å²) < 4.78 is 0. The van der Waals surface area contributed by atoms with Gasteiger partial charge in [0.1, 0.15) is 0 Å². The monoisotopic (exact) mass is 254 g/mol. The standard InChI is InChI=1S/C12H22N4O2/c1-9-3-2-5-15(10(9)7-13)8-11(17)16-6-4-14-12(16)18/h9-10H,2-8,13H2,1H3,(H,14,18). The Kier molecular flexibility index (Phi) is 4.19. The van der Waals surface area contributed by atoms with Gasteiger partial charge in [-0.25, -0.2) is 4.79 Å². The van der Waals surface area contributed by atoms with E-state index in [1.807, 2.05) is 0 Å². The Morgan fingerprint density at radius 3 is 2.89 bits per heavy atom. The Bertz CT molecular complexity index is 334. The summed E-state index contributed by atoms with van der Waals surface area (Å²) in [6.45, 7) is 4.99. The molecule has 3 N–H and O–H groups in total. The van der Waals surface area contributed by atoms with Gasteiger partial charge in [-0.05, 0) is 25.3 Å². The molecule has 0 aliphatic carbocycles. The molecule has 2 atom stereocenters. The minimum Gasteiger partial charge on any atom is -0.336 e. The highest BCUT2D eigenvalue weighted by atomic mass is 16.2. The van der Waals surface area contributed by atoms with Gasteiger partial charge < -0.3 is 11.1 Å². The third-order valence-corrected chi connectivity index (χ3v) is 3.97. The van der Waals surface area contributed by atoms with E-state index in [4.69, 9.17) is 5.73 Å². The molecule has 2 saturated heterocycles. The lowest BCUT2D eigenvalue weighted by atomic mass is 9.91. The van der Waals surface area contributed by atoms with Crippen molar-refractivity contribution in [1.29, 1.82) is 0 Å². The maximum Gasteiger partial charge on any atom is 0.324 e. The average molecular weight is 254 g/mol. The second-order valence-corrected chi connectivity index (χ2v) is 5.17. The Labute approximate surface area is 107 Å². The molecule has 102 valence electrons. The highest BCUT2D eigenvalue weighted by Gasteiger charge is 2.32. The zero-order valence-corrected chi connectivity index (χ0v) is 10.9. The van der Waals surface area contributed by atoms with Crippen LogP contribution in [0.5, 0.6) is 0 Å². The van der Waals surface area contributed by atoms with Crippen LogP contribution >= 0.6 is 0 Å². The zero-order chi connectivity index (χ0) is 13.1. The van der Waals surface area contributed by atoms with Crippen LogP contribution in [0.25, 0.3) is 0 Å². The Balaban J connectivity index is 1.95. The highest BCUT2D eigenvalue weighted by molar-refractivity contribution is 5.96. The molecular weight excluding hydrogens is 232 g/mol. The summed E-state index contributed by atoms with van der Waals surface area (Å²) in [5.74, 6) is 0.404. The lowest BCUT2D eigenvalue weighted by Gasteiger charge is -2.39. The van der Waals surface area contributed by atoms with Crippen molar-refractivity contribution in [2.45, 2.75) is 25.8 Å². The van der Waals surface area contributed by atoms with Crippen LogP contribution in [0, 0.1) is 5.92 Å². The van der Waals surface area contributed by atoms with Crippen LogP contribution in [0.4, 0.5) is 4.79 Å². The molecule has 2 aliphatic rings. The van der Waals surface area contributed by atoms with Gasteiger partial charge in [-0.3, -0.25) is 14.6 Å². The molecule has 0 saturated carbocycles. The Hall–Kier alpha value is -1.14. The SMILES string of the molecule is CC1CCCN(CC(=O)N2CCNC2=O)C1CN. The Morgan fingerprint density at radius 1 is 1.50 bits per heavy atom. The molecule has 0 bridgehead atoms. The number of carbonyl (C=O) groups excluding carboxylic acids is 2. The number of imide groups is 1. The van der Waals surface area contributed by atoms with Crippen LogP contribution in [0.15, 0.2) is 0 Å². The molecule has 6 heteroatoms. The van der Waals surface area contributed by atoms with E-state index in [1.54, 1.807) is 0 Å². The number of amides is 3. The van der Waals surface area contributed by atoms with Gasteiger partial charge >= 0.3 is 6.03 Å². The number of piperidine rings is 1. The first-order valence-electron chi connectivity index (χ1n) is 6.65. The van der Waals surface area contributed by atoms with E-state index in [2.05, 4.69) is 17.1 Å². The van der Waals surface area contributed by atoms with Crippen molar-refractivity contribution in [2.24, 2.45) is 11.7 Å². The highest BCUT2D eigenvalue weighted by Crippen LogP contribution is 2.22. The number of carbonyl (C=O) groups is 2. The van der Waals surface area contributed by atoms with E-state index in [0.29, 0.717) is 32.1 Å². The number of nitrogens with one attached hydrogen (secondary N) is 1. The third kappa shape index (κ3) is 2.64. The molecular formula is C12H22N4O2. The number of likely N-dealkylation sites (tertiary alicyclic amines) is 1. The minimum absolute atomic E-state index is 0.113. The lowest BCUT2D eigenvalue weighted by Crippen LogP contribution is -2.52. The van der Waals surface area contributed by atoms with Gasteiger partial charge in [0.05, 0.1) is 6.54 Å². The fraction of sp³-hybridized carbons (Fsp3) is 0.833. The zero-order valence-electron chi connectivity index (χ0n) is 10.9. The molecule has 0 aromatic heterocycles. The molecule has 6 nitrogen and oxygen atoms in total. The fourth-order valence-electron chi connectivity index (χ4n) is 2.88. The van der Waals surface area contributed by atoms with Crippen molar-refractivity contribution in [3.63, 3.8) is 0 Å². The van der Waals surface area contributed by atoms with Gasteiger partial charge in [0.2, 0.25) is 5.91 Å². The number of hydrogen-bond donors (Lipinski definition) is 2. The predicted molar refractivity (Wildman–Crippen MR) is 67.9 cm³/mol. The lowest BCUT2D eigenvalue weighted by molar-refractivity contribution is -0.130. The van der Waals surface area contributed by atoms with E-state index in [9.17, 15) is 9.59 Å². The third-order valence-electron chi connectivity index (χ3n) is 3.97. The second-order valence-electron chi connectivity index (χ2n) is 5.17. The van der Waals surface area contributed by atoms with Gasteiger partial charge in [0, 0.05) is 25.7 Å². The molecule has 2 rings (SSSR count). The quantitative estimate of drug-likeness (QED) is 0.718. The maximum atomic E-state index is 12.1. The molecule has 3 amide bonds. The summed E-state index contributed by atoms with van der Waals surface area (Å²) in [4.78, 5) is 26.9. The topological polar surface area (TPSA) is 78.7 Å². The molecule has 0 spiro atoms. The fourth-order valence-corrected chi connectivity index (χ4v) is 2.88. The van der Waals surface area contributed by atoms with E-state index in [-0.39, 0.29) is 18.0 Å². The Morgan fingerprint density at radius 2 is 2.28 bits per heavy atom. The average Bonchev–Trinajstić information content (AvgIpc) is 2.76. The number of nitrogens with zero attached hydrogens (tertiary/aromatic N) is 2. The van der Waals surface area contributed by atoms with Crippen LogP contribution in [-0.2, 0) is 4.79 Å². The minimum atomic E-state index is -0.269. The van der Waals surface area contributed by atoms with E-state index >= 15 is 0 Å². The number of rotatable bonds is 3. The first kappa shape index (κ1) is 13.3. The first-order valence-corrected chi connectivity index (χ1v) is 6.65. The summed E-state index contributed by atoms with van der Waals surface area (Å²) in [6, 6.07) is -0.0114. The summed E-state index contributed by atoms with van der Waals surface area (Å²) in [7, 11) is 0. The number of urea groups is 1. The molecule has 2 unspecified atom stereocenters. The van der Waals surface area contributed by atoms with Crippen LogP contribution in [0.2, 0.25) is 0 Å². The van der Waals surface area contributed by atoms with Crippen LogP contribution < -0.4 is 11.1 Å². The van der Waals surface area contributed by atoms with Gasteiger partial charge in [-0.1, -0.05) is 6.92 Å². The van der Waals surface area contributed by atoms with Crippen molar-refractivity contribution in [1.82, 2.24) is 15.1 Å². The summed E-state index contributed by atoms with van der Waals surface area (Å²) >= 11 is 0. The molecule has 2 aliphatic heterocycles. The molecule has 0 radical (unpaired) electrons. The predicted octanol–water partition coefficient (Wildman–Crippen LogP) is -0.403. The van der Waals surface area contributed by atoms with Crippen molar-refractivity contribution >= 4 is 11.9 Å². The molecule has 2 heterocycles. The number of hydrogen-bond acceptors (Lipinski definition) is 4. The molecule has 0 aromatic carbocycles. The van der Waals surface area contributed by atoms with Gasteiger partial charge in [0.15, 0.2) is 0 Å². The van der Waals surface area contributed by atoms with Gasteiger partial charge in [-0.15, -0.1) is 0 Å². The van der Waals surface area contributed by atoms with Gasteiger partial charge in [0.25, 0.3) is 0 Å². The summed E-state index contributed by atoms with van der Waals surface area (Å²) in [5, 5.41) is 2.64. The summed E-state index contributed by atoms with van der Waals surface area (Å²) in [5.41, 5.74) is 5.79. The maximum absolute atomic E-state index is 12.1. The van der Waals surface area contributed by atoms with Crippen molar-refractivity contribution in [2.75, 3.05) is 32.7 Å². The molecule has 2 fully saturated rings. The van der Waals surface area contributed by atoms with E-state index in [0.717, 1.165) is 19.4 Å². The van der Waals surface area contributed by atoms with Crippen LogP contribution in [-0.4, -0.2) is 60.5 Å². The van der Waals surface area contributed by atoms with Gasteiger partial charge in [-0.2, -0.15) is 0 Å². The molecule has 0 aromatic rings. The van der Waals surface area contributed by atoms with Crippen LogP contribution in [0.3, 0.4) is 0 Å². The largest absolute Gasteiger partial charge is 0.336 e.